The fourth-order valence-corrected chi connectivity index (χ4v) is 8.38. The second kappa shape index (κ2) is 9.41. The Balaban J connectivity index is 1.19. The summed E-state index contributed by atoms with van der Waals surface area (Å²) in [5.41, 5.74) is 22.2. The van der Waals surface area contributed by atoms with Crippen LogP contribution >= 0.6 is 0 Å². The first kappa shape index (κ1) is 26.1. The maximum Gasteiger partial charge on any atom is 0.0937 e. The van der Waals surface area contributed by atoms with Crippen LogP contribution in [0, 0.1) is 0 Å². The minimum absolute atomic E-state index is 0.405. The van der Waals surface area contributed by atoms with Crippen molar-refractivity contribution in [3.05, 3.63) is 186 Å². The number of fused-ring (bicyclic) bond motifs is 13. The van der Waals surface area contributed by atoms with Crippen LogP contribution in [0.15, 0.2) is 152 Å². The molecule has 0 radical (unpaired) electrons. The van der Waals surface area contributed by atoms with Gasteiger partial charge < -0.3 is 10.3 Å². The van der Waals surface area contributed by atoms with E-state index in [0.717, 1.165) is 27.6 Å². The third kappa shape index (κ3) is 3.33. The number of hydrogen-bond donors (Lipinski definition) is 1. The minimum atomic E-state index is -0.405. The molecule has 0 saturated heterocycles. The molecule has 0 unspecified atom stereocenters. The summed E-state index contributed by atoms with van der Waals surface area (Å²) in [6.45, 7) is 4.47. The van der Waals surface area contributed by atoms with E-state index in [2.05, 4.69) is 137 Å². The molecule has 0 fully saturated rings. The number of pyridine rings is 1. The molecule has 1 aliphatic carbocycles. The van der Waals surface area contributed by atoms with Gasteiger partial charge in [0, 0.05) is 22.4 Å². The molecule has 3 heterocycles. The van der Waals surface area contributed by atoms with Gasteiger partial charge in [0.05, 0.1) is 33.3 Å². The molecule has 0 atom stereocenters. The maximum absolute atomic E-state index is 6.52. The van der Waals surface area contributed by atoms with E-state index < -0.39 is 5.41 Å². The summed E-state index contributed by atoms with van der Waals surface area (Å²) in [4.78, 5) is 4.50. The molecule has 2 aliphatic rings. The van der Waals surface area contributed by atoms with Crippen molar-refractivity contribution in [2.45, 2.75) is 5.41 Å². The first-order valence-electron chi connectivity index (χ1n) is 16.0. The molecule has 8 aromatic rings. The predicted octanol–water partition coefficient (Wildman–Crippen LogP) is 10.3. The van der Waals surface area contributed by atoms with Crippen molar-refractivity contribution in [2.75, 3.05) is 5.73 Å². The number of hydrogen-bond acceptors (Lipinski definition) is 2. The monoisotopic (exact) mass is 599 g/mol. The van der Waals surface area contributed by atoms with E-state index in [1.165, 1.54) is 60.9 Å². The Morgan fingerprint density at radius 3 is 2.21 bits per heavy atom. The predicted molar refractivity (Wildman–Crippen MR) is 196 cm³/mol. The third-order valence-electron chi connectivity index (χ3n) is 10.4. The molecular weight excluding hydrogens is 571 g/mol. The van der Waals surface area contributed by atoms with Gasteiger partial charge in [0.2, 0.25) is 0 Å². The molecule has 10 rings (SSSR count). The summed E-state index contributed by atoms with van der Waals surface area (Å²) in [7, 11) is 0. The van der Waals surface area contributed by atoms with Crippen molar-refractivity contribution >= 4 is 50.0 Å². The van der Waals surface area contributed by atoms with Crippen molar-refractivity contribution in [3.8, 4) is 16.8 Å². The topological polar surface area (TPSA) is 43.8 Å². The van der Waals surface area contributed by atoms with Gasteiger partial charge in [-0.3, -0.25) is 4.98 Å². The second-order valence-corrected chi connectivity index (χ2v) is 12.6. The van der Waals surface area contributed by atoms with Crippen molar-refractivity contribution < 1.29 is 0 Å². The van der Waals surface area contributed by atoms with Crippen molar-refractivity contribution in [1.82, 2.24) is 9.55 Å². The van der Waals surface area contributed by atoms with Gasteiger partial charge in [-0.25, -0.2) is 0 Å². The summed E-state index contributed by atoms with van der Waals surface area (Å²) in [5.74, 6) is 0. The number of nitrogen functional groups attached to an aromatic ring is 1. The van der Waals surface area contributed by atoms with Gasteiger partial charge in [0.15, 0.2) is 0 Å². The van der Waals surface area contributed by atoms with Crippen LogP contribution in [0.1, 0.15) is 33.4 Å². The van der Waals surface area contributed by atoms with E-state index in [4.69, 9.17) is 5.73 Å². The zero-order valence-corrected chi connectivity index (χ0v) is 25.6. The normalized spacial score (nSPS) is 13.8. The largest absolute Gasteiger partial charge is 0.396 e. The lowest BCUT2D eigenvalue weighted by atomic mass is 9.65. The highest BCUT2D eigenvalue weighted by atomic mass is 15.0. The van der Waals surface area contributed by atoms with Gasteiger partial charge in [-0.15, -0.1) is 0 Å². The molecule has 0 saturated carbocycles. The lowest BCUT2D eigenvalue weighted by molar-refractivity contribution is 0.748. The Bertz CT molecular complexity index is 2630. The molecule has 47 heavy (non-hydrogen) atoms. The van der Waals surface area contributed by atoms with Crippen LogP contribution in [-0.2, 0) is 5.41 Å². The Kier molecular flexibility index (Phi) is 5.22. The van der Waals surface area contributed by atoms with E-state index in [9.17, 15) is 0 Å². The summed E-state index contributed by atoms with van der Waals surface area (Å²) in [6.07, 6.45) is 5.88. The van der Waals surface area contributed by atoms with Gasteiger partial charge in [-0.2, -0.15) is 0 Å². The highest BCUT2D eigenvalue weighted by molar-refractivity contribution is 6.13. The van der Waals surface area contributed by atoms with Crippen molar-refractivity contribution in [3.63, 3.8) is 0 Å². The summed E-state index contributed by atoms with van der Waals surface area (Å²) in [6, 6.07) is 48.6. The number of allylic oxidation sites excluding steroid dienone is 2. The molecule has 0 bridgehead atoms. The zero-order chi connectivity index (χ0) is 31.3. The molecule has 2 N–H and O–H groups in total. The molecule has 0 amide bonds. The molecule has 1 spiro atoms. The van der Waals surface area contributed by atoms with E-state index in [1.807, 2.05) is 24.3 Å². The maximum atomic E-state index is 6.52. The lowest BCUT2D eigenvalue weighted by Gasteiger charge is -2.39. The Hall–Kier alpha value is -6.19. The smallest absolute Gasteiger partial charge is 0.0937 e. The van der Waals surface area contributed by atoms with Crippen molar-refractivity contribution in [2.24, 2.45) is 0 Å². The van der Waals surface area contributed by atoms with Crippen LogP contribution < -0.4 is 5.73 Å². The van der Waals surface area contributed by atoms with Crippen LogP contribution in [0.4, 0.5) is 5.69 Å². The number of para-hydroxylation sites is 2. The number of aromatic nitrogens is 2. The van der Waals surface area contributed by atoms with E-state index >= 15 is 0 Å². The number of anilines is 1. The second-order valence-electron chi connectivity index (χ2n) is 12.6. The molecule has 3 nitrogen and oxygen atoms in total. The molecule has 2 aromatic heterocycles. The van der Waals surface area contributed by atoms with Crippen LogP contribution in [0.5, 0.6) is 0 Å². The van der Waals surface area contributed by atoms with Gasteiger partial charge in [-0.1, -0.05) is 128 Å². The average molecular weight is 600 g/mol. The lowest BCUT2D eigenvalue weighted by Crippen LogP contribution is -2.33. The number of rotatable bonds is 3. The zero-order valence-electron chi connectivity index (χ0n) is 25.6. The molecule has 3 heteroatoms. The SMILES string of the molecule is C=C(/C=C\c1ccc2cccnc2c1N)c1ccc2c(c1)c1cccc3c1n2-c1ccccc1C31c2ccccc2-c2ccccc21. The molecule has 6 aromatic carbocycles. The Labute approximate surface area is 272 Å². The Morgan fingerprint density at radius 1 is 0.681 bits per heavy atom. The molecular formula is C44H29N3. The van der Waals surface area contributed by atoms with Crippen LogP contribution in [0.3, 0.4) is 0 Å². The third-order valence-corrected chi connectivity index (χ3v) is 10.4. The molecule has 220 valence electrons. The number of nitrogens with zero attached hydrogens (tertiary/aromatic N) is 2. The van der Waals surface area contributed by atoms with E-state index in [0.29, 0.717) is 5.69 Å². The minimum Gasteiger partial charge on any atom is -0.396 e. The van der Waals surface area contributed by atoms with Gasteiger partial charge in [0.1, 0.15) is 0 Å². The standard InChI is InChI=1S/C44H29N3/c1-27(19-20-28-21-22-29-10-9-25-46-42(29)41(28)45)30-23-24-39-34(26-30)33-13-8-17-38-43(33)47(39)40-18-7-6-16-37(40)44(38)35-14-4-2-11-31(35)32-12-3-5-15-36(32)44/h2-26H,1,45H2/b20-19-. The van der Waals surface area contributed by atoms with Crippen molar-refractivity contribution in [1.29, 1.82) is 0 Å². The fourth-order valence-electron chi connectivity index (χ4n) is 8.38. The van der Waals surface area contributed by atoms with Crippen LogP contribution in [0.2, 0.25) is 0 Å². The van der Waals surface area contributed by atoms with E-state index in [1.54, 1.807) is 6.20 Å². The quantitative estimate of drug-likeness (QED) is 0.162. The van der Waals surface area contributed by atoms with Crippen LogP contribution in [0.25, 0.3) is 61.2 Å². The first-order valence-corrected chi connectivity index (χ1v) is 16.0. The summed E-state index contributed by atoms with van der Waals surface area (Å²) >= 11 is 0. The number of nitrogens with two attached hydrogens (primary N) is 1. The number of benzene rings is 6. The van der Waals surface area contributed by atoms with Crippen LogP contribution in [-0.4, -0.2) is 9.55 Å². The molecule has 1 aliphatic heterocycles. The fraction of sp³-hybridized carbons (Fsp3) is 0.0227. The van der Waals surface area contributed by atoms with Gasteiger partial charge in [-0.05, 0) is 74.3 Å². The van der Waals surface area contributed by atoms with Gasteiger partial charge in [0.25, 0.3) is 0 Å². The highest BCUT2D eigenvalue weighted by Gasteiger charge is 2.50. The Morgan fingerprint density at radius 2 is 1.40 bits per heavy atom. The van der Waals surface area contributed by atoms with Gasteiger partial charge >= 0.3 is 0 Å². The average Bonchev–Trinajstić information content (AvgIpc) is 3.62. The summed E-state index contributed by atoms with van der Waals surface area (Å²) in [5, 5.41) is 3.50. The van der Waals surface area contributed by atoms with E-state index in [-0.39, 0.29) is 0 Å². The first-order chi connectivity index (χ1) is 23.2. The highest BCUT2D eigenvalue weighted by Crippen LogP contribution is 2.60. The summed E-state index contributed by atoms with van der Waals surface area (Å²) < 4.78 is 2.48.